The molecule has 0 aliphatic heterocycles. The van der Waals surface area contributed by atoms with E-state index in [9.17, 15) is 8.42 Å². The van der Waals surface area contributed by atoms with Gasteiger partial charge in [0.1, 0.15) is 3.61 Å². The summed E-state index contributed by atoms with van der Waals surface area (Å²) in [6.07, 6.45) is 6.84. The van der Waals surface area contributed by atoms with Crippen LogP contribution in [-0.2, 0) is 14.6 Å². The lowest BCUT2D eigenvalue weighted by atomic mass is 9.91. The molecule has 0 spiro atoms. The van der Waals surface area contributed by atoms with Crippen LogP contribution in [0.15, 0.2) is 0 Å². The molecule has 6 heteroatoms. The molecule has 0 saturated heterocycles. The lowest BCUT2D eigenvalue weighted by Crippen LogP contribution is -2.30. The Morgan fingerprint density at radius 1 is 1.25 bits per heavy atom. The minimum Gasteiger partial charge on any atom is -0.263 e. The predicted octanol–water partition coefficient (Wildman–Crippen LogP) is 4.98. The molecule has 0 saturated carbocycles. The van der Waals surface area contributed by atoms with Crippen LogP contribution in [0.3, 0.4) is 0 Å². The molecule has 2 atom stereocenters. The van der Waals surface area contributed by atoms with Gasteiger partial charge in [0, 0.05) is 0 Å². The van der Waals surface area contributed by atoms with Crippen LogP contribution in [0.5, 0.6) is 0 Å². The second-order valence-corrected chi connectivity index (χ2v) is 8.94. The standard InChI is InChI=1S/C14H29IO4S/c1-5-7-8-13(6-2)9-10-14(15,11-12(3)4)19-20(16,17)18/h12-13H,5-11H2,1-4H3,(H,16,17,18). The van der Waals surface area contributed by atoms with Gasteiger partial charge in [-0.15, -0.1) is 0 Å². The van der Waals surface area contributed by atoms with E-state index in [0.717, 1.165) is 12.8 Å². The van der Waals surface area contributed by atoms with Crippen molar-refractivity contribution >= 4 is 33.0 Å². The highest BCUT2D eigenvalue weighted by atomic mass is 127. The fourth-order valence-electron chi connectivity index (χ4n) is 2.44. The van der Waals surface area contributed by atoms with E-state index < -0.39 is 14.0 Å². The smallest absolute Gasteiger partial charge is 0.263 e. The van der Waals surface area contributed by atoms with Gasteiger partial charge in [-0.1, -0.05) is 53.4 Å². The first-order valence-corrected chi connectivity index (χ1v) is 9.93. The molecule has 0 aliphatic carbocycles. The van der Waals surface area contributed by atoms with Crippen molar-refractivity contribution in [1.29, 1.82) is 0 Å². The molecular weight excluding hydrogens is 391 g/mol. The second kappa shape index (κ2) is 9.58. The van der Waals surface area contributed by atoms with Crippen molar-refractivity contribution in [2.75, 3.05) is 0 Å². The van der Waals surface area contributed by atoms with Crippen molar-refractivity contribution in [2.24, 2.45) is 11.8 Å². The molecule has 0 amide bonds. The molecule has 122 valence electrons. The fourth-order valence-corrected chi connectivity index (χ4v) is 4.84. The summed E-state index contributed by atoms with van der Waals surface area (Å²) in [6.45, 7) is 8.39. The predicted molar refractivity (Wildman–Crippen MR) is 91.4 cm³/mol. The first-order valence-electron chi connectivity index (χ1n) is 7.48. The molecule has 0 bridgehead atoms. The van der Waals surface area contributed by atoms with Crippen molar-refractivity contribution in [3.8, 4) is 0 Å². The summed E-state index contributed by atoms with van der Waals surface area (Å²) in [6, 6.07) is 0. The van der Waals surface area contributed by atoms with E-state index in [1.807, 2.05) is 36.4 Å². The number of halogens is 1. The summed E-state index contributed by atoms with van der Waals surface area (Å²) in [5, 5.41) is 0. The maximum Gasteiger partial charge on any atom is 0.398 e. The number of unbranched alkanes of at least 4 members (excludes halogenated alkanes) is 1. The van der Waals surface area contributed by atoms with E-state index in [2.05, 4.69) is 13.8 Å². The molecule has 0 rings (SSSR count). The molecule has 20 heavy (non-hydrogen) atoms. The summed E-state index contributed by atoms with van der Waals surface area (Å²) < 4.78 is 35.2. The Balaban J connectivity index is 4.63. The molecule has 2 unspecified atom stereocenters. The maximum absolute atomic E-state index is 11.0. The lowest BCUT2D eigenvalue weighted by molar-refractivity contribution is 0.126. The molecule has 4 nitrogen and oxygen atoms in total. The van der Waals surface area contributed by atoms with Crippen molar-refractivity contribution in [1.82, 2.24) is 0 Å². The number of hydrogen-bond donors (Lipinski definition) is 1. The lowest BCUT2D eigenvalue weighted by Gasteiger charge is -2.29. The third-order valence-corrected chi connectivity index (χ3v) is 5.47. The summed E-state index contributed by atoms with van der Waals surface area (Å²) >= 11 is 2.04. The zero-order chi connectivity index (χ0) is 15.8. The number of alkyl halides is 1. The third-order valence-electron chi connectivity index (χ3n) is 3.44. The van der Waals surface area contributed by atoms with E-state index in [4.69, 9.17) is 8.74 Å². The Kier molecular flexibility index (Phi) is 9.87. The second-order valence-electron chi connectivity index (χ2n) is 5.95. The van der Waals surface area contributed by atoms with E-state index >= 15 is 0 Å². The molecular formula is C14H29IO4S. The molecule has 0 aromatic rings. The van der Waals surface area contributed by atoms with Crippen molar-refractivity contribution in [2.45, 2.75) is 76.2 Å². The van der Waals surface area contributed by atoms with Gasteiger partial charge in [-0.25, -0.2) is 4.18 Å². The Morgan fingerprint density at radius 3 is 2.25 bits per heavy atom. The summed E-state index contributed by atoms with van der Waals surface area (Å²) in [5.74, 6) is 0.908. The quantitative estimate of drug-likeness (QED) is 0.291. The zero-order valence-corrected chi connectivity index (χ0v) is 16.0. The third kappa shape index (κ3) is 10.3. The first-order chi connectivity index (χ1) is 9.12. The highest BCUT2D eigenvalue weighted by molar-refractivity contribution is 14.1. The minimum absolute atomic E-state index is 0.310. The van der Waals surface area contributed by atoms with Gasteiger partial charge in [0.25, 0.3) is 0 Å². The fraction of sp³-hybridized carbons (Fsp3) is 1.00. The molecule has 0 radical (unpaired) electrons. The van der Waals surface area contributed by atoms with Gasteiger partial charge in [0.15, 0.2) is 0 Å². The topological polar surface area (TPSA) is 63.6 Å². The highest BCUT2D eigenvalue weighted by Gasteiger charge is 2.34. The van der Waals surface area contributed by atoms with Gasteiger partial charge in [-0.3, -0.25) is 4.55 Å². The molecule has 0 aliphatic rings. The first kappa shape index (κ1) is 20.6. The Hall–Kier alpha value is 0.600. The van der Waals surface area contributed by atoms with Crippen molar-refractivity contribution < 1.29 is 17.2 Å². The summed E-state index contributed by atoms with van der Waals surface area (Å²) in [4.78, 5) is 0. The van der Waals surface area contributed by atoms with Gasteiger partial charge in [-0.05, 0) is 53.7 Å². The number of hydrogen-bond acceptors (Lipinski definition) is 3. The zero-order valence-electron chi connectivity index (χ0n) is 13.1. The minimum atomic E-state index is -4.41. The van der Waals surface area contributed by atoms with Gasteiger partial charge in [0.05, 0.1) is 0 Å². The van der Waals surface area contributed by atoms with Crippen LogP contribution in [0.4, 0.5) is 0 Å². The molecule has 0 aromatic heterocycles. The normalized spacial score (nSPS) is 17.1. The molecule has 0 fully saturated rings. The molecule has 0 aromatic carbocycles. The highest BCUT2D eigenvalue weighted by Crippen LogP contribution is 2.37. The van der Waals surface area contributed by atoms with Crippen LogP contribution in [-0.4, -0.2) is 16.6 Å². The average molecular weight is 420 g/mol. The monoisotopic (exact) mass is 420 g/mol. The molecule has 1 N–H and O–H groups in total. The average Bonchev–Trinajstić information content (AvgIpc) is 2.25. The Bertz CT molecular complexity index is 356. The molecule has 0 heterocycles. The van der Waals surface area contributed by atoms with Gasteiger partial charge >= 0.3 is 10.4 Å². The summed E-state index contributed by atoms with van der Waals surface area (Å²) in [5.41, 5.74) is 0. The van der Waals surface area contributed by atoms with Crippen LogP contribution >= 0.6 is 22.6 Å². The Morgan fingerprint density at radius 2 is 1.85 bits per heavy atom. The SMILES string of the molecule is CCCCC(CC)CCC(I)(CC(C)C)OS(=O)(=O)O. The summed E-state index contributed by atoms with van der Waals surface area (Å²) in [7, 11) is -4.41. The van der Waals surface area contributed by atoms with Crippen LogP contribution in [0.25, 0.3) is 0 Å². The van der Waals surface area contributed by atoms with E-state index in [1.54, 1.807) is 0 Å². The van der Waals surface area contributed by atoms with E-state index in [-0.39, 0.29) is 0 Å². The Labute approximate surface area is 138 Å². The van der Waals surface area contributed by atoms with Crippen molar-refractivity contribution in [3.05, 3.63) is 0 Å². The van der Waals surface area contributed by atoms with Gasteiger partial charge < -0.3 is 0 Å². The van der Waals surface area contributed by atoms with Crippen LogP contribution < -0.4 is 0 Å². The van der Waals surface area contributed by atoms with Crippen LogP contribution in [0.1, 0.15) is 72.6 Å². The van der Waals surface area contributed by atoms with Crippen LogP contribution in [0, 0.1) is 11.8 Å². The number of rotatable bonds is 11. The van der Waals surface area contributed by atoms with Gasteiger partial charge in [-0.2, -0.15) is 8.42 Å². The van der Waals surface area contributed by atoms with Crippen LogP contribution in [0.2, 0.25) is 0 Å². The van der Waals surface area contributed by atoms with Crippen molar-refractivity contribution in [3.63, 3.8) is 0 Å². The van der Waals surface area contributed by atoms with Gasteiger partial charge in [0.2, 0.25) is 0 Å². The van der Waals surface area contributed by atoms with E-state index in [0.29, 0.717) is 24.7 Å². The maximum atomic E-state index is 11.0. The van der Waals surface area contributed by atoms with E-state index in [1.165, 1.54) is 19.3 Å². The largest absolute Gasteiger partial charge is 0.398 e.